The Kier molecular flexibility index (Phi) is 4.70. The maximum atomic E-state index is 13.2. The minimum Gasteiger partial charge on any atom is -0.355 e. The van der Waals surface area contributed by atoms with Crippen LogP contribution in [0.1, 0.15) is 17.3 Å². The molecule has 1 aromatic carbocycles. The van der Waals surface area contributed by atoms with Gasteiger partial charge in [-0.15, -0.1) is 0 Å². The highest BCUT2D eigenvalue weighted by Crippen LogP contribution is 2.14. The lowest BCUT2D eigenvalue weighted by atomic mass is 10.2. The Morgan fingerprint density at radius 1 is 1.06 bits per heavy atom. The van der Waals surface area contributed by atoms with Gasteiger partial charge in [-0.2, -0.15) is 0 Å². The van der Waals surface area contributed by atoms with Gasteiger partial charge < -0.3 is 10.6 Å². The van der Waals surface area contributed by atoms with Crippen LogP contribution in [-0.2, 0) is 4.79 Å². The molecular weight excluding hydrogens is 249 g/mol. The van der Waals surface area contributed by atoms with E-state index in [1.807, 2.05) is 0 Å². The van der Waals surface area contributed by atoms with Crippen LogP contribution >= 0.6 is 0 Å². The first kappa shape index (κ1) is 14.0. The van der Waals surface area contributed by atoms with E-state index >= 15 is 0 Å². The van der Waals surface area contributed by atoms with Gasteiger partial charge in [0.15, 0.2) is 17.5 Å². The second kappa shape index (κ2) is 6.04. The molecule has 0 saturated heterocycles. The monoisotopic (exact) mass is 260 g/mol. The average Bonchev–Trinajstić information content (AvgIpc) is 2.31. The molecular formula is C11H11F3N2O2. The Morgan fingerprint density at radius 2 is 1.67 bits per heavy atom. The van der Waals surface area contributed by atoms with Crippen LogP contribution in [0.5, 0.6) is 0 Å². The molecule has 0 aliphatic heterocycles. The third-order valence-corrected chi connectivity index (χ3v) is 2.06. The van der Waals surface area contributed by atoms with Gasteiger partial charge in [-0.05, 0) is 12.1 Å². The van der Waals surface area contributed by atoms with Gasteiger partial charge in [0.05, 0.1) is 5.56 Å². The predicted octanol–water partition coefficient (Wildman–Crippen LogP) is 0.970. The Balaban J connectivity index is 2.62. The van der Waals surface area contributed by atoms with E-state index in [1.165, 1.54) is 6.92 Å². The molecule has 98 valence electrons. The highest BCUT2D eigenvalue weighted by atomic mass is 19.2. The lowest BCUT2D eigenvalue weighted by Gasteiger charge is -2.07. The van der Waals surface area contributed by atoms with Crippen molar-refractivity contribution in [2.75, 3.05) is 13.1 Å². The largest absolute Gasteiger partial charge is 0.355 e. The van der Waals surface area contributed by atoms with E-state index in [2.05, 4.69) is 10.6 Å². The van der Waals surface area contributed by atoms with Crippen LogP contribution in [0.15, 0.2) is 12.1 Å². The van der Waals surface area contributed by atoms with Crippen molar-refractivity contribution in [3.8, 4) is 0 Å². The number of hydrogen-bond donors (Lipinski definition) is 2. The quantitative estimate of drug-likeness (QED) is 0.626. The van der Waals surface area contributed by atoms with Gasteiger partial charge in [0, 0.05) is 20.0 Å². The summed E-state index contributed by atoms with van der Waals surface area (Å²) in [5.74, 6) is -5.74. The Labute approximate surface area is 101 Å². The van der Waals surface area contributed by atoms with Crippen LogP contribution in [0.2, 0.25) is 0 Å². The first-order valence-corrected chi connectivity index (χ1v) is 5.09. The Morgan fingerprint density at radius 3 is 2.28 bits per heavy atom. The van der Waals surface area contributed by atoms with E-state index < -0.39 is 28.9 Å². The van der Waals surface area contributed by atoms with Crippen molar-refractivity contribution in [1.29, 1.82) is 0 Å². The standard InChI is InChI=1S/C11H11F3N2O2/c1-6(17)15-4-5-16-11(18)7-2-3-8(12)10(14)9(7)13/h2-3H,4-5H2,1H3,(H,15,17)(H,16,18). The number of benzene rings is 1. The van der Waals surface area contributed by atoms with Crippen molar-refractivity contribution in [2.45, 2.75) is 6.92 Å². The van der Waals surface area contributed by atoms with E-state index in [0.29, 0.717) is 6.07 Å². The smallest absolute Gasteiger partial charge is 0.254 e. The summed E-state index contributed by atoms with van der Waals surface area (Å²) < 4.78 is 38.7. The zero-order valence-corrected chi connectivity index (χ0v) is 9.52. The number of rotatable bonds is 4. The second-order valence-electron chi connectivity index (χ2n) is 3.46. The number of carbonyl (C=O) groups excluding carboxylic acids is 2. The van der Waals surface area contributed by atoms with E-state index in [-0.39, 0.29) is 19.0 Å². The fourth-order valence-corrected chi connectivity index (χ4v) is 1.21. The zero-order valence-electron chi connectivity index (χ0n) is 9.52. The zero-order chi connectivity index (χ0) is 13.7. The summed E-state index contributed by atoms with van der Waals surface area (Å²) in [7, 11) is 0. The van der Waals surface area contributed by atoms with Crippen molar-refractivity contribution in [3.05, 3.63) is 35.1 Å². The van der Waals surface area contributed by atoms with Gasteiger partial charge in [-0.1, -0.05) is 0 Å². The SMILES string of the molecule is CC(=O)NCCNC(=O)c1ccc(F)c(F)c1F. The topological polar surface area (TPSA) is 58.2 Å². The maximum absolute atomic E-state index is 13.2. The summed E-state index contributed by atoms with van der Waals surface area (Å²) in [6.45, 7) is 1.51. The molecule has 0 atom stereocenters. The third kappa shape index (κ3) is 3.47. The summed E-state index contributed by atoms with van der Waals surface area (Å²) >= 11 is 0. The van der Waals surface area contributed by atoms with Crippen molar-refractivity contribution >= 4 is 11.8 Å². The summed E-state index contributed by atoms with van der Waals surface area (Å²) in [5.41, 5.74) is -0.586. The fraction of sp³-hybridized carbons (Fsp3) is 0.273. The molecule has 0 aliphatic carbocycles. The minimum atomic E-state index is -1.69. The van der Waals surface area contributed by atoms with Gasteiger partial charge >= 0.3 is 0 Å². The van der Waals surface area contributed by atoms with Crippen molar-refractivity contribution in [1.82, 2.24) is 10.6 Å². The summed E-state index contributed by atoms with van der Waals surface area (Å²) in [6.07, 6.45) is 0. The van der Waals surface area contributed by atoms with Gasteiger partial charge in [-0.3, -0.25) is 9.59 Å². The van der Waals surface area contributed by atoms with Gasteiger partial charge in [0.25, 0.3) is 5.91 Å². The van der Waals surface area contributed by atoms with Crippen molar-refractivity contribution in [3.63, 3.8) is 0 Å². The summed E-state index contributed by atoms with van der Waals surface area (Å²) in [4.78, 5) is 21.9. The second-order valence-corrected chi connectivity index (χ2v) is 3.46. The van der Waals surface area contributed by atoms with Crippen LogP contribution < -0.4 is 10.6 Å². The lowest BCUT2D eigenvalue weighted by molar-refractivity contribution is -0.118. The van der Waals surface area contributed by atoms with Crippen LogP contribution in [0.4, 0.5) is 13.2 Å². The molecule has 0 bridgehead atoms. The van der Waals surface area contributed by atoms with E-state index in [9.17, 15) is 22.8 Å². The molecule has 2 amide bonds. The molecule has 7 heteroatoms. The number of hydrogen-bond acceptors (Lipinski definition) is 2. The summed E-state index contributed by atoms with van der Waals surface area (Å²) in [5, 5.41) is 4.67. The number of amides is 2. The Hall–Kier alpha value is -2.05. The highest BCUT2D eigenvalue weighted by Gasteiger charge is 2.18. The molecule has 0 heterocycles. The molecule has 0 radical (unpaired) electrons. The maximum Gasteiger partial charge on any atom is 0.254 e. The molecule has 0 aliphatic rings. The molecule has 1 rings (SSSR count). The van der Waals surface area contributed by atoms with Gasteiger partial charge in [0.2, 0.25) is 5.91 Å². The number of carbonyl (C=O) groups is 2. The molecule has 1 aromatic rings. The number of halogens is 3. The molecule has 18 heavy (non-hydrogen) atoms. The third-order valence-electron chi connectivity index (χ3n) is 2.06. The molecule has 2 N–H and O–H groups in total. The van der Waals surface area contributed by atoms with E-state index in [0.717, 1.165) is 6.07 Å². The van der Waals surface area contributed by atoms with Crippen LogP contribution in [0.25, 0.3) is 0 Å². The minimum absolute atomic E-state index is 0.0524. The number of nitrogens with one attached hydrogen (secondary N) is 2. The molecule has 0 spiro atoms. The van der Waals surface area contributed by atoms with Crippen LogP contribution in [0, 0.1) is 17.5 Å². The van der Waals surface area contributed by atoms with E-state index in [1.54, 1.807) is 0 Å². The Bertz CT molecular complexity index is 478. The molecule has 0 unspecified atom stereocenters. The van der Waals surface area contributed by atoms with Gasteiger partial charge in [-0.25, -0.2) is 13.2 Å². The first-order valence-electron chi connectivity index (χ1n) is 5.09. The van der Waals surface area contributed by atoms with Crippen molar-refractivity contribution < 1.29 is 22.8 Å². The lowest BCUT2D eigenvalue weighted by Crippen LogP contribution is -2.34. The fourth-order valence-electron chi connectivity index (χ4n) is 1.21. The average molecular weight is 260 g/mol. The normalized spacial score (nSPS) is 10.0. The molecule has 4 nitrogen and oxygen atoms in total. The summed E-state index contributed by atoms with van der Waals surface area (Å²) in [6, 6.07) is 1.52. The molecule has 0 fully saturated rings. The molecule has 0 saturated carbocycles. The first-order chi connectivity index (χ1) is 8.43. The predicted molar refractivity (Wildman–Crippen MR) is 57.3 cm³/mol. The van der Waals surface area contributed by atoms with Crippen molar-refractivity contribution in [2.24, 2.45) is 0 Å². The van der Waals surface area contributed by atoms with Crippen LogP contribution in [0.3, 0.4) is 0 Å². The van der Waals surface area contributed by atoms with Crippen LogP contribution in [-0.4, -0.2) is 24.9 Å². The molecule has 0 aromatic heterocycles. The van der Waals surface area contributed by atoms with Gasteiger partial charge in [0.1, 0.15) is 0 Å². The highest BCUT2D eigenvalue weighted by molar-refractivity contribution is 5.94. The van der Waals surface area contributed by atoms with E-state index in [4.69, 9.17) is 0 Å².